The van der Waals surface area contributed by atoms with E-state index in [9.17, 15) is 9.59 Å². The molecule has 0 bridgehead atoms. The number of anilines is 2. The normalized spacial score (nSPS) is 14.4. The third-order valence-corrected chi connectivity index (χ3v) is 4.70. The number of hydrogen-bond acceptors (Lipinski definition) is 4. The van der Waals surface area contributed by atoms with E-state index in [-0.39, 0.29) is 24.1 Å². The first-order chi connectivity index (χ1) is 14.6. The maximum Gasteiger partial charge on any atom is 0.279 e. The molecule has 0 saturated carbocycles. The summed E-state index contributed by atoms with van der Waals surface area (Å²) in [6.07, 6.45) is 1.59. The third kappa shape index (κ3) is 4.17. The van der Waals surface area contributed by atoms with Crippen molar-refractivity contribution < 1.29 is 9.59 Å². The lowest BCUT2D eigenvalue weighted by Crippen LogP contribution is -2.37. The quantitative estimate of drug-likeness (QED) is 0.526. The fraction of sp³-hybridized carbons (Fsp3) is 0.0833. The molecule has 0 fully saturated rings. The lowest BCUT2D eigenvalue weighted by Gasteiger charge is -2.16. The molecular weight excluding hydrogens is 376 g/mol. The average Bonchev–Trinajstić information content (AvgIpc) is 3.02. The molecule has 1 heterocycles. The highest BCUT2D eigenvalue weighted by molar-refractivity contribution is 6.54. The number of fused-ring (bicyclic) bond motifs is 1. The van der Waals surface area contributed by atoms with Gasteiger partial charge in [0.2, 0.25) is 5.91 Å². The predicted octanol–water partition coefficient (Wildman–Crippen LogP) is 3.80. The Balaban J connectivity index is 1.54. The fourth-order valence-electron chi connectivity index (χ4n) is 3.19. The van der Waals surface area contributed by atoms with Crippen molar-refractivity contribution in [3.05, 3.63) is 95.6 Å². The Kier molecular flexibility index (Phi) is 5.48. The molecule has 0 aromatic heterocycles. The van der Waals surface area contributed by atoms with E-state index in [2.05, 4.69) is 15.5 Å². The molecule has 6 heteroatoms. The van der Waals surface area contributed by atoms with Gasteiger partial charge in [-0.25, -0.2) is 0 Å². The Morgan fingerprint density at radius 2 is 1.67 bits per heavy atom. The molecular formula is C24H20N4O2. The van der Waals surface area contributed by atoms with Gasteiger partial charge in [-0.05, 0) is 30.7 Å². The van der Waals surface area contributed by atoms with E-state index >= 15 is 0 Å². The molecule has 4 rings (SSSR count). The number of hydrogen-bond donors (Lipinski definition) is 1. The molecule has 148 valence electrons. The minimum absolute atomic E-state index is 0.106. The van der Waals surface area contributed by atoms with Crippen molar-refractivity contribution in [3.63, 3.8) is 0 Å². The van der Waals surface area contributed by atoms with Crippen LogP contribution in [-0.2, 0) is 9.59 Å². The maximum absolute atomic E-state index is 13.0. The second-order valence-corrected chi connectivity index (χ2v) is 6.93. The lowest BCUT2D eigenvalue weighted by molar-refractivity contribution is -0.118. The summed E-state index contributed by atoms with van der Waals surface area (Å²) < 4.78 is 0. The van der Waals surface area contributed by atoms with E-state index in [0.717, 1.165) is 11.1 Å². The first-order valence-corrected chi connectivity index (χ1v) is 9.56. The van der Waals surface area contributed by atoms with Crippen LogP contribution in [-0.4, -0.2) is 30.3 Å². The smallest absolute Gasteiger partial charge is 0.279 e. The summed E-state index contributed by atoms with van der Waals surface area (Å²) >= 11 is 0. The van der Waals surface area contributed by atoms with Crippen LogP contribution in [0, 0.1) is 6.92 Å². The number of carbonyl (C=O) groups excluding carboxylic acids is 2. The van der Waals surface area contributed by atoms with Crippen molar-refractivity contribution in [2.24, 2.45) is 10.2 Å². The lowest BCUT2D eigenvalue weighted by atomic mass is 10.1. The molecule has 6 nitrogen and oxygen atoms in total. The van der Waals surface area contributed by atoms with Gasteiger partial charge < -0.3 is 5.32 Å². The first kappa shape index (κ1) is 19.3. The summed E-state index contributed by atoms with van der Waals surface area (Å²) in [5.41, 5.74) is 4.21. The molecule has 0 saturated heterocycles. The number of amides is 2. The SMILES string of the molecule is Cc1ccc(NC(=O)CN2C(=O)/C(=N/N=C\c3ccccc3)c3ccccc32)cc1. The maximum atomic E-state index is 13.0. The van der Waals surface area contributed by atoms with Gasteiger partial charge in [0.15, 0.2) is 5.71 Å². The van der Waals surface area contributed by atoms with Gasteiger partial charge in [0.25, 0.3) is 5.91 Å². The van der Waals surface area contributed by atoms with Gasteiger partial charge in [0.05, 0.1) is 11.9 Å². The molecule has 1 N–H and O–H groups in total. The van der Waals surface area contributed by atoms with Crippen LogP contribution in [0.15, 0.2) is 89.1 Å². The summed E-state index contributed by atoms with van der Waals surface area (Å²) in [6.45, 7) is 1.87. The monoisotopic (exact) mass is 396 g/mol. The molecule has 0 spiro atoms. The Morgan fingerprint density at radius 3 is 2.43 bits per heavy atom. The van der Waals surface area contributed by atoms with E-state index in [4.69, 9.17) is 0 Å². The van der Waals surface area contributed by atoms with Gasteiger partial charge in [-0.1, -0.05) is 66.2 Å². The van der Waals surface area contributed by atoms with Gasteiger partial charge in [0, 0.05) is 11.3 Å². The van der Waals surface area contributed by atoms with Crippen molar-refractivity contribution >= 4 is 35.1 Å². The summed E-state index contributed by atoms with van der Waals surface area (Å²) in [6, 6.07) is 24.3. The first-order valence-electron chi connectivity index (χ1n) is 9.56. The van der Waals surface area contributed by atoms with Crippen molar-refractivity contribution in [1.29, 1.82) is 0 Å². The van der Waals surface area contributed by atoms with Gasteiger partial charge in [0.1, 0.15) is 6.54 Å². The molecule has 3 aromatic carbocycles. The van der Waals surface area contributed by atoms with Crippen LogP contribution in [0.3, 0.4) is 0 Å². The highest BCUT2D eigenvalue weighted by atomic mass is 16.2. The Labute approximate surface area is 174 Å². The van der Waals surface area contributed by atoms with Gasteiger partial charge in [-0.15, -0.1) is 5.10 Å². The molecule has 0 unspecified atom stereocenters. The second kappa shape index (κ2) is 8.53. The highest BCUT2D eigenvalue weighted by Gasteiger charge is 2.35. The van der Waals surface area contributed by atoms with E-state index in [1.54, 1.807) is 12.3 Å². The predicted molar refractivity (Wildman–Crippen MR) is 119 cm³/mol. The Hall–Kier alpha value is -4.06. The fourth-order valence-corrected chi connectivity index (χ4v) is 3.19. The number of aryl methyl sites for hydroxylation is 1. The van der Waals surface area contributed by atoms with Crippen LogP contribution in [0.2, 0.25) is 0 Å². The molecule has 2 amide bonds. The molecule has 1 aliphatic heterocycles. The zero-order valence-corrected chi connectivity index (χ0v) is 16.4. The zero-order chi connectivity index (χ0) is 20.9. The number of nitrogens with one attached hydrogen (secondary N) is 1. The van der Waals surface area contributed by atoms with E-state index in [1.807, 2.05) is 79.7 Å². The number of benzene rings is 3. The summed E-state index contributed by atoms with van der Waals surface area (Å²) in [4.78, 5) is 26.9. The molecule has 0 radical (unpaired) electrons. The molecule has 3 aromatic rings. The topological polar surface area (TPSA) is 74.1 Å². The third-order valence-electron chi connectivity index (χ3n) is 4.70. The highest BCUT2D eigenvalue weighted by Crippen LogP contribution is 2.29. The minimum atomic E-state index is -0.347. The van der Waals surface area contributed by atoms with E-state index in [0.29, 0.717) is 16.9 Å². The number of carbonyl (C=O) groups is 2. The van der Waals surface area contributed by atoms with Crippen molar-refractivity contribution in [2.45, 2.75) is 6.92 Å². The Morgan fingerprint density at radius 1 is 0.967 bits per heavy atom. The number of para-hydroxylation sites is 1. The number of nitrogens with zero attached hydrogens (tertiary/aromatic N) is 3. The van der Waals surface area contributed by atoms with Crippen molar-refractivity contribution in [1.82, 2.24) is 0 Å². The van der Waals surface area contributed by atoms with Crippen LogP contribution < -0.4 is 10.2 Å². The summed E-state index contributed by atoms with van der Waals surface area (Å²) in [7, 11) is 0. The molecule has 0 atom stereocenters. The van der Waals surface area contributed by atoms with Gasteiger partial charge in [-0.3, -0.25) is 14.5 Å². The van der Waals surface area contributed by atoms with Gasteiger partial charge >= 0.3 is 0 Å². The molecule has 1 aliphatic rings. The molecule has 30 heavy (non-hydrogen) atoms. The standard InChI is InChI=1S/C24H20N4O2/c1-17-11-13-19(14-12-17)26-22(29)16-28-21-10-6-5-9-20(21)23(24(28)30)27-25-15-18-7-3-2-4-8-18/h2-15H,16H2,1H3,(H,26,29)/b25-15-,27-23+. The van der Waals surface area contributed by atoms with Crippen LogP contribution in [0.5, 0.6) is 0 Å². The second-order valence-electron chi connectivity index (χ2n) is 6.93. The van der Waals surface area contributed by atoms with Crippen molar-refractivity contribution in [2.75, 3.05) is 16.8 Å². The van der Waals surface area contributed by atoms with E-state index < -0.39 is 0 Å². The van der Waals surface area contributed by atoms with Crippen LogP contribution >= 0.6 is 0 Å². The van der Waals surface area contributed by atoms with E-state index in [1.165, 1.54) is 4.90 Å². The summed E-state index contributed by atoms with van der Waals surface area (Å²) in [5.74, 6) is -0.628. The van der Waals surface area contributed by atoms with Crippen LogP contribution in [0.4, 0.5) is 11.4 Å². The minimum Gasteiger partial charge on any atom is -0.325 e. The summed E-state index contributed by atoms with van der Waals surface area (Å²) in [5, 5.41) is 11.1. The average molecular weight is 396 g/mol. The van der Waals surface area contributed by atoms with Gasteiger partial charge in [-0.2, -0.15) is 5.10 Å². The van der Waals surface area contributed by atoms with Crippen LogP contribution in [0.25, 0.3) is 0 Å². The molecule has 0 aliphatic carbocycles. The van der Waals surface area contributed by atoms with Crippen molar-refractivity contribution in [3.8, 4) is 0 Å². The Bertz CT molecular complexity index is 1140. The largest absolute Gasteiger partial charge is 0.325 e. The van der Waals surface area contributed by atoms with Crippen LogP contribution in [0.1, 0.15) is 16.7 Å². The number of rotatable bonds is 5. The zero-order valence-electron chi connectivity index (χ0n) is 16.4.